The molecule has 0 aliphatic carbocycles. The van der Waals surface area contributed by atoms with Crippen molar-refractivity contribution in [3.63, 3.8) is 0 Å². The molecule has 1 aliphatic heterocycles. The van der Waals surface area contributed by atoms with E-state index in [0.717, 1.165) is 5.56 Å². The van der Waals surface area contributed by atoms with E-state index in [4.69, 9.17) is 14.6 Å². The molecule has 1 aromatic carbocycles. The van der Waals surface area contributed by atoms with Crippen LogP contribution in [0.25, 0.3) is 0 Å². The molecule has 7 nitrogen and oxygen atoms in total. The third-order valence-electron chi connectivity index (χ3n) is 3.55. The first-order valence-electron chi connectivity index (χ1n) is 7.43. The SMILES string of the molecule is O=C(O)CCCC[C@@H]1C(=O)OCN1C(=O)OCc1ccccc1. The molecule has 7 heteroatoms. The fraction of sp³-hybridized carbons (Fsp3) is 0.438. The lowest BCUT2D eigenvalue weighted by Crippen LogP contribution is -2.38. The van der Waals surface area contributed by atoms with Gasteiger partial charge < -0.3 is 14.6 Å². The minimum atomic E-state index is -0.877. The summed E-state index contributed by atoms with van der Waals surface area (Å²) in [5, 5.41) is 8.60. The molecule has 0 spiro atoms. The molecule has 0 radical (unpaired) electrons. The number of nitrogens with zero attached hydrogens (tertiary/aromatic N) is 1. The molecule has 2 rings (SSSR count). The van der Waals surface area contributed by atoms with Crippen molar-refractivity contribution in [3.05, 3.63) is 35.9 Å². The lowest BCUT2D eigenvalue weighted by Gasteiger charge is -2.19. The molecule has 1 N–H and O–H groups in total. The highest BCUT2D eigenvalue weighted by Crippen LogP contribution is 2.19. The van der Waals surface area contributed by atoms with Gasteiger partial charge in [-0.15, -0.1) is 0 Å². The van der Waals surface area contributed by atoms with E-state index in [1.54, 1.807) is 0 Å². The molecule has 124 valence electrons. The maximum absolute atomic E-state index is 12.1. The quantitative estimate of drug-likeness (QED) is 0.611. The Morgan fingerprint density at radius 2 is 2.00 bits per heavy atom. The van der Waals surface area contributed by atoms with Gasteiger partial charge in [0.15, 0.2) is 6.73 Å². The zero-order valence-corrected chi connectivity index (χ0v) is 12.6. The van der Waals surface area contributed by atoms with Crippen molar-refractivity contribution in [2.75, 3.05) is 6.73 Å². The first kappa shape index (κ1) is 16.8. The molecule has 1 saturated heterocycles. The maximum atomic E-state index is 12.1. The van der Waals surface area contributed by atoms with Crippen LogP contribution >= 0.6 is 0 Å². The number of carbonyl (C=O) groups is 3. The monoisotopic (exact) mass is 321 g/mol. The van der Waals surface area contributed by atoms with Crippen molar-refractivity contribution >= 4 is 18.0 Å². The second kappa shape index (κ2) is 8.17. The van der Waals surface area contributed by atoms with Crippen molar-refractivity contribution in [1.29, 1.82) is 0 Å². The van der Waals surface area contributed by atoms with Gasteiger partial charge in [-0.2, -0.15) is 0 Å². The number of carboxylic acids is 1. The normalized spacial score (nSPS) is 17.0. The molecule has 0 aromatic heterocycles. The number of esters is 1. The Kier molecular flexibility index (Phi) is 5.96. The lowest BCUT2D eigenvalue weighted by molar-refractivity contribution is -0.139. The Balaban J connectivity index is 1.82. The van der Waals surface area contributed by atoms with Crippen LogP contribution in [0, 0.1) is 0 Å². The maximum Gasteiger partial charge on any atom is 0.413 e. The summed E-state index contributed by atoms with van der Waals surface area (Å²) in [7, 11) is 0. The van der Waals surface area contributed by atoms with Crippen molar-refractivity contribution in [2.45, 2.75) is 38.3 Å². The molecular weight excluding hydrogens is 302 g/mol. The highest BCUT2D eigenvalue weighted by Gasteiger charge is 2.38. The minimum absolute atomic E-state index is 0.0419. The number of cyclic esters (lactones) is 1. The largest absolute Gasteiger partial charge is 0.481 e. The first-order valence-corrected chi connectivity index (χ1v) is 7.43. The molecule has 1 aliphatic rings. The molecule has 0 saturated carbocycles. The Bertz CT molecular complexity index is 559. The van der Waals surface area contributed by atoms with Crippen LogP contribution < -0.4 is 0 Å². The van der Waals surface area contributed by atoms with Crippen LogP contribution in [0.2, 0.25) is 0 Å². The van der Waals surface area contributed by atoms with Crippen LogP contribution in [-0.4, -0.2) is 40.8 Å². The number of hydrogen-bond donors (Lipinski definition) is 1. The van der Waals surface area contributed by atoms with Crippen LogP contribution in [0.15, 0.2) is 30.3 Å². The average Bonchev–Trinajstić information content (AvgIpc) is 2.91. The number of amides is 1. The van der Waals surface area contributed by atoms with E-state index in [-0.39, 0.29) is 19.8 Å². The highest BCUT2D eigenvalue weighted by molar-refractivity contribution is 5.83. The van der Waals surface area contributed by atoms with Crippen molar-refractivity contribution < 1.29 is 29.0 Å². The van der Waals surface area contributed by atoms with Crippen LogP contribution in [0.3, 0.4) is 0 Å². The lowest BCUT2D eigenvalue weighted by atomic mass is 10.1. The highest BCUT2D eigenvalue weighted by atomic mass is 16.6. The summed E-state index contributed by atoms with van der Waals surface area (Å²) >= 11 is 0. The average molecular weight is 321 g/mol. The first-order chi connectivity index (χ1) is 11.1. The molecule has 23 heavy (non-hydrogen) atoms. The second-order valence-corrected chi connectivity index (χ2v) is 5.26. The fourth-order valence-corrected chi connectivity index (χ4v) is 2.32. The van der Waals surface area contributed by atoms with Gasteiger partial charge in [0.25, 0.3) is 0 Å². The number of unbranched alkanes of at least 4 members (excludes halogenated alkanes) is 1. The number of benzene rings is 1. The number of rotatable bonds is 7. The molecule has 1 aromatic rings. The number of carboxylic acid groups (broad SMARTS) is 1. The van der Waals surface area contributed by atoms with Gasteiger partial charge >= 0.3 is 18.0 Å². The summed E-state index contributed by atoms with van der Waals surface area (Å²) in [6, 6.07) is 8.52. The van der Waals surface area contributed by atoms with E-state index in [1.165, 1.54) is 4.90 Å². The van der Waals surface area contributed by atoms with E-state index in [2.05, 4.69) is 0 Å². The minimum Gasteiger partial charge on any atom is -0.481 e. The van der Waals surface area contributed by atoms with E-state index in [9.17, 15) is 14.4 Å². The Morgan fingerprint density at radius 1 is 1.26 bits per heavy atom. The fourth-order valence-electron chi connectivity index (χ4n) is 2.32. The topological polar surface area (TPSA) is 93.1 Å². The molecule has 1 fully saturated rings. The number of aliphatic carboxylic acids is 1. The summed E-state index contributed by atoms with van der Waals surface area (Å²) in [6.45, 7) is -0.00779. The number of ether oxygens (including phenoxy) is 2. The van der Waals surface area contributed by atoms with Crippen molar-refractivity contribution in [2.24, 2.45) is 0 Å². The van der Waals surface area contributed by atoms with Gasteiger partial charge in [0.1, 0.15) is 12.6 Å². The van der Waals surface area contributed by atoms with Gasteiger partial charge in [0.05, 0.1) is 0 Å². The summed E-state index contributed by atoms with van der Waals surface area (Å²) in [5.41, 5.74) is 0.852. The van der Waals surface area contributed by atoms with Gasteiger partial charge in [0, 0.05) is 6.42 Å². The molecule has 1 atom stereocenters. The van der Waals surface area contributed by atoms with Crippen LogP contribution in [0.4, 0.5) is 4.79 Å². The van der Waals surface area contributed by atoms with E-state index in [1.807, 2.05) is 30.3 Å². The molecule has 0 bridgehead atoms. The summed E-state index contributed by atoms with van der Waals surface area (Å²) in [4.78, 5) is 35.5. The van der Waals surface area contributed by atoms with E-state index >= 15 is 0 Å². The van der Waals surface area contributed by atoms with Gasteiger partial charge in [-0.05, 0) is 18.4 Å². The Labute approximate surface area is 133 Å². The predicted octanol–water partition coefficient (Wildman–Crippen LogP) is 2.15. The van der Waals surface area contributed by atoms with Crippen molar-refractivity contribution in [3.8, 4) is 0 Å². The number of carbonyl (C=O) groups excluding carboxylic acids is 2. The third kappa shape index (κ3) is 4.98. The molecule has 1 heterocycles. The van der Waals surface area contributed by atoms with E-state index in [0.29, 0.717) is 19.3 Å². The Hall–Kier alpha value is -2.57. The second-order valence-electron chi connectivity index (χ2n) is 5.26. The molecular formula is C16H19NO6. The van der Waals surface area contributed by atoms with E-state index < -0.39 is 24.1 Å². The van der Waals surface area contributed by atoms with Gasteiger partial charge in [-0.3, -0.25) is 9.69 Å². The summed E-state index contributed by atoms with van der Waals surface area (Å²) < 4.78 is 10.1. The van der Waals surface area contributed by atoms with Gasteiger partial charge in [-0.25, -0.2) is 9.59 Å². The predicted molar refractivity (Wildman–Crippen MR) is 79.3 cm³/mol. The van der Waals surface area contributed by atoms with Crippen LogP contribution in [0.5, 0.6) is 0 Å². The zero-order chi connectivity index (χ0) is 16.7. The van der Waals surface area contributed by atoms with Crippen LogP contribution in [-0.2, 0) is 25.7 Å². The van der Waals surface area contributed by atoms with Gasteiger partial charge in [0.2, 0.25) is 0 Å². The van der Waals surface area contributed by atoms with Crippen LogP contribution in [0.1, 0.15) is 31.2 Å². The van der Waals surface area contributed by atoms with Gasteiger partial charge in [-0.1, -0.05) is 36.8 Å². The third-order valence-corrected chi connectivity index (χ3v) is 3.55. The smallest absolute Gasteiger partial charge is 0.413 e. The Morgan fingerprint density at radius 3 is 2.70 bits per heavy atom. The zero-order valence-electron chi connectivity index (χ0n) is 12.6. The summed E-state index contributed by atoms with van der Waals surface area (Å²) in [5.74, 6) is -1.35. The number of hydrogen-bond acceptors (Lipinski definition) is 5. The van der Waals surface area contributed by atoms with Crippen molar-refractivity contribution in [1.82, 2.24) is 4.90 Å². The summed E-state index contributed by atoms with van der Waals surface area (Å²) in [6.07, 6.45) is 0.774. The molecule has 0 unspecified atom stereocenters. The molecule has 1 amide bonds. The standard InChI is InChI=1S/C16H19NO6/c18-14(19)9-5-4-8-13-15(20)23-11-17(13)16(21)22-10-12-6-2-1-3-7-12/h1-3,6-7,13H,4-5,8-11H2,(H,18,19)/t13-/m1/s1.